The number of fused-ring (bicyclic) bond motifs is 1. The average molecular weight is 505 g/mol. The van der Waals surface area contributed by atoms with Crippen LogP contribution in [0.15, 0.2) is 72.8 Å². The second kappa shape index (κ2) is 11.5. The lowest BCUT2D eigenvalue weighted by atomic mass is 9.99. The Bertz CT molecular complexity index is 1220. The molecule has 7 heteroatoms. The molecule has 0 saturated heterocycles. The smallest absolute Gasteiger partial charge is 0.243 e. The fourth-order valence-corrected chi connectivity index (χ4v) is 4.28. The summed E-state index contributed by atoms with van der Waals surface area (Å²) in [5, 5.41) is 3.05. The van der Waals surface area contributed by atoms with Crippen molar-refractivity contribution in [3.63, 3.8) is 0 Å². The highest BCUT2D eigenvalue weighted by Crippen LogP contribution is 2.33. The molecular formula is C30H33FN2O4. The average Bonchev–Trinajstić information content (AvgIpc) is 3.33. The molecular weight excluding hydrogens is 471 g/mol. The van der Waals surface area contributed by atoms with Crippen LogP contribution in [0.4, 0.5) is 4.39 Å². The zero-order valence-corrected chi connectivity index (χ0v) is 21.5. The maximum absolute atomic E-state index is 13.7. The van der Waals surface area contributed by atoms with Crippen LogP contribution in [0.5, 0.6) is 11.5 Å². The predicted octanol–water partition coefficient (Wildman–Crippen LogP) is 5.04. The molecule has 2 amide bonds. The van der Waals surface area contributed by atoms with Crippen LogP contribution in [-0.4, -0.2) is 35.1 Å². The fourth-order valence-electron chi connectivity index (χ4n) is 4.28. The van der Waals surface area contributed by atoms with Crippen molar-refractivity contribution in [1.29, 1.82) is 0 Å². The minimum Gasteiger partial charge on any atom is -0.454 e. The first kappa shape index (κ1) is 26.2. The third-order valence-corrected chi connectivity index (χ3v) is 6.10. The van der Waals surface area contributed by atoms with Crippen LogP contribution in [0.2, 0.25) is 0 Å². The van der Waals surface area contributed by atoms with Gasteiger partial charge >= 0.3 is 0 Å². The largest absolute Gasteiger partial charge is 0.454 e. The van der Waals surface area contributed by atoms with E-state index in [1.165, 1.54) is 12.1 Å². The van der Waals surface area contributed by atoms with E-state index >= 15 is 0 Å². The number of carbonyl (C=O) groups excluding carboxylic acids is 2. The van der Waals surface area contributed by atoms with Crippen LogP contribution < -0.4 is 14.8 Å². The van der Waals surface area contributed by atoms with E-state index < -0.39 is 11.6 Å². The van der Waals surface area contributed by atoms with Crippen LogP contribution in [0.25, 0.3) is 0 Å². The summed E-state index contributed by atoms with van der Waals surface area (Å²) in [5.74, 6) is 0.618. The van der Waals surface area contributed by atoms with Gasteiger partial charge in [-0.25, -0.2) is 4.39 Å². The minimum atomic E-state index is -0.740. The summed E-state index contributed by atoms with van der Waals surface area (Å²) in [6.07, 6.45) is 1.04. The zero-order chi connectivity index (χ0) is 26.4. The quantitative estimate of drug-likeness (QED) is 0.443. The first-order valence-corrected chi connectivity index (χ1v) is 12.5. The number of hydrogen-bond acceptors (Lipinski definition) is 4. The van der Waals surface area contributed by atoms with Gasteiger partial charge in [0.15, 0.2) is 11.5 Å². The van der Waals surface area contributed by atoms with E-state index in [-0.39, 0.29) is 37.4 Å². The van der Waals surface area contributed by atoms with Crippen molar-refractivity contribution in [2.24, 2.45) is 0 Å². The van der Waals surface area contributed by atoms with Crippen LogP contribution in [0, 0.1) is 5.82 Å². The van der Waals surface area contributed by atoms with Crippen molar-refractivity contribution in [2.45, 2.75) is 58.2 Å². The molecule has 0 bridgehead atoms. The summed E-state index contributed by atoms with van der Waals surface area (Å²) in [6, 6.07) is 20.6. The van der Waals surface area contributed by atoms with Crippen molar-refractivity contribution >= 4 is 11.8 Å². The molecule has 0 aromatic heterocycles. The lowest BCUT2D eigenvalue weighted by Crippen LogP contribution is -2.54. The van der Waals surface area contributed by atoms with Crippen LogP contribution in [-0.2, 0) is 29.0 Å². The molecule has 1 heterocycles. The molecule has 1 N–H and O–H groups in total. The van der Waals surface area contributed by atoms with Crippen molar-refractivity contribution in [2.75, 3.05) is 6.79 Å². The number of hydrogen-bond donors (Lipinski definition) is 1. The first-order valence-electron chi connectivity index (χ1n) is 12.5. The van der Waals surface area contributed by atoms with Gasteiger partial charge in [0.05, 0.1) is 0 Å². The Morgan fingerprint density at radius 3 is 2.30 bits per heavy atom. The molecule has 1 aliphatic rings. The Morgan fingerprint density at radius 1 is 0.919 bits per heavy atom. The summed E-state index contributed by atoms with van der Waals surface area (Å²) in [4.78, 5) is 28.9. The van der Waals surface area contributed by atoms with Crippen molar-refractivity contribution in [3.8, 4) is 11.5 Å². The lowest BCUT2D eigenvalue weighted by molar-refractivity contribution is -0.141. The number of benzene rings is 3. The first-order chi connectivity index (χ1) is 17.7. The Hall–Kier alpha value is -3.87. The van der Waals surface area contributed by atoms with Gasteiger partial charge in [-0.2, -0.15) is 0 Å². The predicted molar refractivity (Wildman–Crippen MR) is 140 cm³/mol. The number of amides is 2. The second-order valence-electron chi connectivity index (χ2n) is 10.3. The number of ether oxygens (including phenoxy) is 2. The molecule has 1 aliphatic heterocycles. The van der Waals surface area contributed by atoms with E-state index in [9.17, 15) is 14.0 Å². The molecule has 194 valence electrons. The number of nitrogens with zero attached hydrogens (tertiary/aromatic N) is 1. The van der Waals surface area contributed by atoms with E-state index in [1.54, 1.807) is 17.0 Å². The Morgan fingerprint density at radius 2 is 1.59 bits per heavy atom. The van der Waals surface area contributed by atoms with Crippen molar-refractivity contribution in [3.05, 3.63) is 95.3 Å². The Balaban J connectivity index is 1.60. The highest BCUT2D eigenvalue weighted by Gasteiger charge is 2.32. The molecule has 0 radical (unpaired) electrons. The molecule has 6 nitrogen and oxygen atoms in total. The molecule has 0 fully saturated rings. The zero-order valence-electron chi connectivity index (χ0n) is 21.5. The maximum atomic E-state index is 13.7. The highest BCUT2D eigenvalue weighted by atomic mass is 19.1. The standard InChI is InChI=1S/C30H33FN2O4/c1-30(2,3)32-29(35)25(17-21-7-5-4-6-8-21)33(19-23-9-13-24(31)14-10-23)28(34)16-12-22-11-15-26-27(18-22)37-20-36-26/h4-11,13-15,18,25H,12,16-17,19-20H2,1-3H3,(H,32,35)/t25-/m1/s1. The summed E-state index contributed by atoms with van der Waals surface area (Å²) in [5.41, 5.74) is 2.17. The van der Waals surface area contributed by atoms with Gasteiger partial charge in [-0.05, 0) is 68.1 Å². The molecule has 1 atom stereocenters. The number of aryl methyl sites for hydroxylation is 1. The molecule has 0 saturated carbocycles. The van der Waals surface area contributed by atoms with Gasteiger partial charge in [0.25, 0.3) is 0 Å². The second-order valence-corrected chi connectivity index (χ2v) is 10.3. The van der Waals surface area contributed by atoms with Crippen LogP contribution >= 0.6 is 0 Å². The van der Waals surface area contributed by atoms with Gasteiger partial charge in [0, 0.05) is 24.9 Å². The topological polar surface area (TPSA) is 67.9 Å². The van der Waals surface area contributed by atoms with Gasteiger partial charge in [0.1, 0.15) is 11.9 Å². The monoisotopic (exact) mass is 504 g/mol. The highest BCUT2D eigenvalue weighted by molar-refractivity contribution is 5.88. The van der Waals surface area contributed by atoms with Gasteiger partial charge < -0.3 is 19.7 Å². The normalized spacial score (nSPS) is 13.2. The van der Waals surface area contributed by atoms with Gasteiger partial charge in [0.2, 0.25) is 18.6 Å². The van der Waals surface area contributed by atoms with Gasteiger partial charge in [-0.3, -0.25) is 9.59 Å². The molecule has 0 aliphatic carbocycles. The molecule has 37 heavy (non-hydrogen) atoms. The van der Waals surface area contributed by atoms with Gasteiger partial charge in [-0.1, -0.05) is 48.5 Å². The van der Waals surface area contributed by atoms with E-state index in [4.69, 9.17) is 9.47 Å². The fraction of sp³-hybridized carbons (Fsp3) is 0.333. The van der Waals surface area contributed by atoms with Crippen LogP contribution in [0.1, 0.15) is 43.9 Å². The summed E-state index contributed by atoms with van der Waals surface area (Å²) in [7, 11) is 0. The van der Waals surface area contributed by atoms with Crippen molar-refractivity contribution in [1.82, 2.24) is 10.2 Å². The SMILES string of the molecule is CC(C)(C)NC(=O)[C@@H](Cc1ccccc1)N(Cc1ccc(F)cc1)C(=O)CCc1ccc2c(c1)OCO2. The summed E-state index contributed by atoms with van der Waals surface area (Å²) < 4.78 is 24.4. The molecule has 0 spiro atoms. The molecule has 0 unspecified atom stereocenters. The molecule has 3 aromatic carbocycles. The number of nitrogens with one attached hydrogen (secondary N) is 1. The number of rotatable bonds is 9. The van der Waals surface area contributed by atoms with E-state index in [2.05, 4.69) is 5.32 Å². The van der Waals surface area contributed by atoms with Crippen molar-refractivity contribution < 1.29 is 23.5 Å². The Kier molecular flexibility index (Phi) is 8.11. The number of halogens is 1. The maximum Gasteiger partial charge on any atom is 0.243 e. The Labute approximate surface area is 217 Å². The third-order valence-electron chi connectivity index (χ3n) is 6.10. The third kappa shape index (κ3) is 7.32. The van der Waals surface area contributed by atoms with Crippen LogP contribution in [0.3, 0.4) is 0 Å². The summed E-state index contributed by atoms with van der Waals surface area (Å²) >= 11 is 0. The van der Waals surface area contributed by atoms with Gasteiger partial charge in [-0.15, -0.1) is 0 Å². The molecule has 3 aromatic rings. The summed E-state index contributed by atoms with van der Waals surface area (Å²) in [6.45, 7) is 6.12. The van der Waals surface area contributed by atoms with E-state index in [0.717, 1.165) is 16.7 Å². The molecule has 4 rings (SSSR count). The minimum absolute atomic E-state index is 0.160. The van der Waals surface area contributed by atoms with E-state index in [0.29, 0.717) is 24.3 Å². The van der Waals surface area contributed by atoms with E-state index in [1.807, 2.05) is 69.3 Å². The lowest BCUT2D eigenvalue weighted by Gasteiger charge is -2.34. The number of carbonyl (C=O) groups is 2.